The third-order valence-electron chi connectivity index (χ3n) is 4.47. The van der Waals surface area contributed by atoms with E-state index in [1.807, 2.05) is 16.8 Å². The lowest BCUT2D eigenvalue weighted by atomic mass is 10.0. The Morgan fingerprint density at radius 3 is 2.92 bits per heavy atom. The van der Waals surface area contributed by atoms with Gasteiger partial charge < -0.3 is 16.2 Å². The van der Waals surface area contributed by atoms with Crippen molar-refractivity contribution in [1.82, 2.24) is 20.1 Å². The van der Waals surface area contributed by atoms with Crippen molar-refractivity contribution in [2.45, 2.75) is 19.5 Å². The van der Waals surface area contributed by atoms with Crippen LogP contribution in [0.5, 0.6) is 5.75 Å². The van der Waals surface area contributed by atoms with Gasteiger partial charge in [-0.3, -0.25) is 4.68 Å². The van der Waals surface area contributed by atoms with Crippen LogP contribution in [0.2, 0.25) is 0 Å². The molecule has 1 aromatic carbocycles. The molecule has 0 amide bonds. The summed E-state index contributed by atoms with van der Waals surface area (Å²) in [6.07, 6.45) is 1.01. The van der Waals surface area contributed by atoms with Crippen LogP contribution in [0.25, 0.3) is 22.5 Å². The zero-order chi connectivity index (χ0) is 18.1. The van der Waals surface area contributed by atoms with Crippen LogP contribution in [-0.2, 0) is 13.1 Å². The lowest BCUT2D eigenvalue weighted by Crippen LogP contribution is -2.11. The number of phenolic OH excluding ortho intramolecular Hbond substituents is 1. The molecule has 0 bridgehead atoms. The minimum Gasteiger partial charge on any atom is -0.508 e. The molecule has 0 unspecified atom stereocenters. The molecular weight excluding hydrogens is 328 g/mol. The van der Waals surface area contributed by atoms with Gasteiger partial charge in [0, 0.05) is 24.2 Å². The Morgan fingerprint density at radius 1 is 1.23 bits per heavy atom. The summed E-state index contributed by atoms with van der Waals surface area (Å²) in [4.78, 5) is 4.34. The van der Waals surface area contributed by atoms with Gasteiger partial charge in [0.2, 0.25) is 0 Å². The molecule has 0 radical (unpaired) electrons. The molecule has 2 aromatic heterocycles. The van der Waals surface area contributed by atoms with Crippen LogP contribution in [0.1, 0.15) is 17.7 Å². The van der Waals surface area contributed by atoms with Crippen LogP contribution in [-0.4, -0.2) is 26.4 Å². The zero-order valence-electron chi connectivity index (χ0n) is 14.1. The number of pyridine rings is 1. The second kappa shape index (κ2) is 6.50. The molecule has 0 atom stereocenters. The van der Waals surface area contributed by atoms with Gasteiger partial charge in [-0.2, -0.15) is 10.4 Å². The number of nitrogen functional groups attached to an aromatic ring is 1. The molecule has 1 aliphatic rings. The zero-order valence-corrected chi connectivity index (χ0v) is 14.1. The van der Waals surface area contributed by atoms with Crippen molar-refractivity contribution >= 4 is 5.82 Å². The average Bonchev–Trinajstić information content (AvgIpc) is 2.91. The van der Waals surface area contributed by atoms with Gasteiger partial charge in [0.1, 0.15) is 23.2 Å². The van der Waals surface area contributed by atoms with Crippen molar-refractivity contribution in [3.05, 3.63) is 47.7 Å². The topological polar surface area (TPSA) is 113 Å². The molecule has 0 saturated heterocycles. The summed E-state index contributed by atoms with van der Waals surface area (Å²) < 4.78 is 1.97. The quantitative estimate of drug-likeness (QED) is 0.656. The number of rotatable bonds is 2. The second-order valence-electron chi connectivity index (χ2n) is 6.25. The third-order valence-corrected chi connectivity index (χ3v) is 4.47. The number of nitrogens with one attached hydrogen (secondary N) is 1. The Balaban J connectivity index is 1.86. The van der Waals surface area contributed by atoms with Crippen molar-refractivity contribution in [2.75, 3.05) is 12.3 Å². The number of hydrogen-bond acceptors (Lipinski definition) is 6. The van der Waals surface area contributed by atoms with E-state index in [0.29, 0.717) is 22.5 Å². The van der Waals surface area contributed by atoms with E-state index < -0.39 is 0 Å². The van der Waals surface area contributed by atoms with Crippen LogP contribution in [0, 0.1) is 11.3 Å². The molecule has 26 heavy (non-hydrogen) atoms. The van der Waals surface area contributed by atoms with Crippen molar-refractivity contribution in [2.24, 2.45) is 0 Å². The number of nitrogens with two attached hydrogens (primary N) is 1. The van der Waals surface area contributed by atoms with Gasteiger partial charge in [0.05, 0.1) is 17.1 Å². The first-order valence-electron chi connectivity index (χ1n) is 8.43. The minimum atomic E-state index is 0.147. The molecule has 0 aliphatic carbocycles. The Morgan fingerprint density at radius 2 is 2.12 bits per heavy atom. The number of aromatic nitrogens is 3. The third kappa shape index (κ3) is 2.87. The molecule has 0 spiro atoms. The maximum atomic E-state index is 9.73. The Hall–Kier alpha value is -3.37. The molecule has 0 saturated carbocycles. The van der Waals surface area contributed by atoms with Crippen molar-refractivity contribution < 1.29 is 5.11 Å². The monoisotopic (exact) mass is 346 g/mol. The molecular formula is C19H18N6O. The molecule has 130 valence electrons. The predicted molar refractivity (Wildman–Crippen MR) is 98.0 cm³/mol. The summed E-state index contributed by atoms with van der Waals surface area (Å²) in [5, 5.41) is 27.3. The van der Waals surface area contributed by atoms with Crippen LogP contribution >= 0.6 is 0 Å². The maximum Gasteiger partial charge on any atom is 0.142 e. The van der Waals surface area contributed by atoms with E-state index in [-0.39, 0.29) is 11.6 Å². The lowest BCUT2D eigenvalue weighted by molar-refractivity contribution is 0.475. The Kier molecular flexibility index (Phi) is 4.03. The molecule has 4 N–H and O–H groups in total. The molecule has 7 heteroatoms. The van der Waals surface area contributed by atoms with Crippen LogP contribution < -0.4 is 11.1 Å². The van der Waals surface area contributed by atoms with Crippen LogP contribution in [0.4, 0.5) is 5.82 Å². The van der Waals surface area contributed by atoms with Gasteiger partial charge in [0.25, 0.3) is 0 Å². The summed E-state index contributed by atoms with van der Waals surface area (Å²) >= 11 is 0. The first-order valence-corrected chi connectivity index (χ1v) is 8.43. The lowest BCUT2D eigenvalue weighted by Gasteiger charge is -2.09. The molecule has 4 rings (SSSR count). The number of fused-ring (bicyclic) bond motifs is 1. The number of hydrogen-bond donors (Lipinski definition) is 3. The maximum absolute atomic E-state index is 9.73. The minimum absolute atomic E-state index is 0.147. The summed E-state index contributed by atoms with van der Waals surface area (Å²) in [5.41, 5.74) is 10.1. The number of nitrogens with zero attached hydrogens (tertiary/aromatic N) is 4. The first kappa shape index (κ1) is 16.1. The van der Waals surface area contributed by atoms with Gasteiger partial charge in [-0.05, 0) is 37.2 Å². The predicted octanol–water partition coefficient (Wildman–Crippen LogP) is 2.26. The van der Waals surface area contributed by atoms with E-state index in [1.165, 1.54) is 0 Å². The van der Waals surface area contributed by atoms with E-state index in [9.17, 15) is 10.4 Å². The average molecular weight is 346 g/mol. The normalized spacial score (nSPS) is 13.7. The summed E-state index contributed by atoms with van der Waals surface area (Å²) in [7, 11) is 0. The Bertz CT molecular complexity index is 994. The summed E-state index contributed by atoms with van der Waals surface area (Å²) in [5.74, 6) is 0.304. The Labute approximate surface area is 150 Å². The van der Waals surface area contributed by atoms with Crippen molar-refractivity contribution in [3.8, 4) is 34.3 Å². The highest BCUT2D eigenvalue weighted by Gasteiger charge is 2.18. The van der Waals surface area contributed by atoms with Crippen molar-refractivity contribution in [3.63, 3.8) is 0 Å². The molecule has 3 heterocycles. The van der Waals surface area contributed by atoms with Gasteiger partial charge >= 0.3 is 0 Å². The number of anilines is 1. The highest BCUT2D eigenvalue weighted by molar-refractivity contribution is 5.78. The summed E-state index contributed by atoms with van der Waals surface area (Å²) in [6, 6.07) is 12.7. The largest absolute Gasteiger partial charge is 0.508 e. The van der Waals surface area contributed by atoms with E-state index >= 15 is 0 Å². The first-order chi connectivity index (χ1) is 12.7. The fourth-order valence-corrected chi connectivity index (χ4v) is 3.19. The molecule has 1 aliphatic heterocycles. The van der Waals surface area contributed by atoms with E-state index in [1.54, 1.807) is 24.3 Å². The number of nitriles is 1. The molecule has 7 nitrogen and oxygen atoms in total. The number of aromatic hydroxyl groups is 1. The van der Waals surface area contributed by atoms with Crippen LogP contribution in [0.3, 0.4) is 0 Å². The van der Waals surface area contributed by atoms with Crippen LogP contribution in [0.15, 0.2) is 36.4 Å². The van der Waals surface area contributed by atoms with E-state index in [0.717, 1.165) is 37.3 Å². The van der Waals surface area contributed by atoms with Gasteiger partial charge in [0.15, 0.2) is 0 Å². The van der Waals surface area contributed by atoms with Gasteiger partial charge in [-0.1, -0.05) is 12.1 Å². The SMILES string of the molecule is N#Cc1c(-c2cc3n(n2)CCCNC3)cc(-c2cccc(O)c2)nc1N. The number of aryl methyl sites for hydroxylation is 1. The number of benzene rings is 1. The fourth-order valence-electron chi connectivity index (χ4n) is 3.19. The fraction of sp³-hybridized carbons (Fsp3) is 0.211. The van der Waals surface area contributed by atoms with Crippen molar-refractivity contribution in [1.29, 1.82) is 5.26 Å². The number of phenols is 1. The summed E-state index contributed by atoms with van der Waals surface area (Å²) in [6.45, 7) is 2.55. The van der Waals surface area contributed by atoms with E-state index in [2.05, 4.69) is 21.5 Å². The molecule has 3 aromatic rings. The smallest absolute Gasteiger partial charge is 0.142 e. The molecule has 0 fully saturated rings. The van der Waals surface area contributed by atoms with E-state index in [4.69, 9.17) is 5.73 Å². The second-order valence-corrected chi connectivity index (χ2v) is 6.25. The van der Waals surface area contributed by atoms with Gasteiger partial charge in [-0.15, -0.1) is 0 Å². The highest BCUT2D eigenvalue weighted by Crippen LogP contribution is 2.32. The standard InChI is InChI=1S/C19H18N6O/c20-10-16-15(18-8-13-11-22-5-2-6-25(13)24-18)9-17(23-19(16)21)12-3-1-4-14(26)7-12/h1,3-4,7-9,22,26H,2,5-6,11H2,(H2,21,23). The van der Waals surface area contributed by atoms with Gasteiger partial charge in [-0.25, -0.2) is 4.98 Å². The highest BCUT2D eigenvalue weighted by atomic mass is 16.3.